The van der Waals surface area contributed by atoms with E-state index < -0.39 is 29.3 Å². The van der Waals surface area contributed by atoms with Crippen LogP contribution in [0.1, 0.15) is 113 Å². The summed E-state index contributed by atoms with van der Waals surface area (Å²) < 4.78 is 13.5. The molecule has 4 amide bonds. The number of aromatic amines is 1. The Balaban J connectivity index is 0.000000460. The van der Waals surface area contributed by atoms with Crippen LogP contribution >= 0.6 is 11.9 Å². The minimum absolute atomic E-state index is 0.0396. The van der Waals surface area contributed by atoms with Crippen LogP contribution in [-0.4, -0.2) is 74.8 Å². The van der Waals surface area contributed by atoms with Gasteiger partial charge in [0.15, 0.2) is 11.3 Å². The van der Waals surface area contributed by atoms with Crippen LogP contribution in [0.5, 0.6) is 5.88 Å². The Bertz CT molecular complexity index is 1370. The predicted octanol–water partition coefficient (Wildman–Crippen LogP) is 5.38. The van der Waals surface area contributed by atoms with Crippen LogP contribution in [-0.2, 0) is 19.1 Å². The molecule has 0 bridgehead atoms. The molecule has 1 aromatic rings. The minimum Gasteiger partial charge on any atom is -0.479 e. The molecule has 4 N–H and O–H groups in total. The van der Waals surface area contributed by atoms with Crippen molar-refractivity contribution >= 4 is 35.8 Å². The van der Waals surface area contributed by atoms with Crippen molar-refractivity contribution in [1.82, 2.24) is 25.2 Å². The molecule has 49 heavy (non-hydrogen) atoms. The fourth-order valence-electron chi connectivity index (χ4n) is 5.75. The van der Waals surface area contributed by atoms with E-state index in [4.69, 9.17) is 9.47 Å². The van der Waals surface area contributed by atoms with E-state index >= 15 is 0 Å². The molecule has 12 nitrogen and oxygen atoms in total. The number of carbonyl (C=O) groups is 4. The zero-order valence-corrected chi connectivity index (χ0v) is 31.1. The smallest absolute Gasteiger partial charge is 0.408 e. The lowest BCUT2D eigenvalue weighted by Crippen LogP contribution is -2.57. The van der Waals surface area contributed by atoms with Gasteiger partial charge >= 0.3 is 6.09 Å². The molecule has 1 aromatic heterocycles. The molecule has 1 saturated heterocycles. The summed E-state index contributed by atoms with van der Waals surface area (Å²) >= 11 is 1.45. The van der Waals surface area contributed by atoms with Crippen LogP contribution in [0.15, 0.2) is 35.3 Å². The first-order chi connectivity index (χ1) is 23.2. The molecular weight excluding hydrogens is 646 g/mol. The summed E-state index contributed by atoms with van der Waals surface area (Å²) in [7, 11) is 0. The number of carbonyl (C=O) groups excluding carboxylic acids is 4. The number of allylic oxidation sites excluding steroid dienone is 1. The van der Waals surface area contributed by atoms with E-state index in [1.807, 2.05) is 20.8 Å². The third-order valence-corrected chi connectivity index (χ3v) is 9.90. The van der Waals surface area contributed by atoms with Crippen molar-refractivity contribution < 1.29 is 28.7 Å². The van der Waals surface area contributed by atoms with Gasteiger partial charge in [-0.2, -0.15) is 0 Å². The SMILES string of the molecule is CC.CC(C)(C)OC(=O)N[C@H]1CCCCC/C=C\C2C[C@@]2(C(=O)NSC2(C)CC2)NC(=O)C2CCCN2C1=O.CCOc1cc(=O)cc[nH]1. The first kappa shape index (κ1) is 40.0. The first-order valence-corrected chi connectivity index (χ1v) is 18.7. The van der Waals surface area contributed by atoms with Crippen molar-refractivity contribution in [2.45, 2.75) is 141 Å². The highest BCUT2D eigenvalue weighted by molar-refractivity contribution is 7.99. The van der Waals surface area contributed by atoms with Gasteiger partial charge in [0.25, 0.3) is 5.91 Å². The Labute approximate surface area is 295 Å². The third-order valence-electron chi connectivity index (χ3n) is 8.72. The maximum absolute atomic E-state index is 13.6. The second-order valence-corrected chi connectivity index (χ2v) is 15.4. The molecule has 13 heteroatoms. The van der Waals surface area contributed by atoms with Crippen molar-refractivity contribution in [1.29, 1.82) is 0 Å². The minimum atomic E-state index is -0.975. The fourth-order valence-corrected chi connectivity index (χ4v) is 6.57. The summed E-state index contributed by atoms with van der Waals surface area (Å²) in [6, 6.07) is 1.45. The zero-order valence-electron chi connectivity index (χ0n) is 30.3. The Hall–Kier alpha value is -3.48. The van der Waals surface area contributed by atoms with Crippen LogP contribution in [0, 0.1) is 5.92 Å². The number of H-pyrrole nitrogens is 1. The highest BCUT2D eigenvalue weighted by Crippen LogP contribution is 2.49. The number of ether oxygens (including phenoxy) is 2. The van der Waals surface area contributed by atoms with Gasteiger partial charge in [-0.15, -0.1) is 0 Å². The lowest BCUT2D eigenvalue weighted by molar-refractivity contribution is -0.141. The first-order valence-electron chi connectivity index (χ1n) is 17.8. The number of nitrogens with zero attached hydrogens (tertiary/aromatic N) is 1. The zero-order chi connectivity index (χ0) is 36.2. The summed E-state index contributed by atoms with van der Waals surface area (Å²) in [4.78, 5) is 68.0. The van der Waals surface area contributed by atoms with E-state index in [0.29, 0.717) is 44.7 Å². The Morgan fingerprint density at radius 2 is 1.82 bits per heavy atom. The van der Waals surface area contributed by atoms with Gasteiger partial charge in [0, 0.05) is 35.5 Å². The number of alkyl carbamates (subject to hydrolysis) is 1. The van der Waals surface area contributed by atoms with Crippen LogP contribution in [0.25, 0.3) is 0 Å². The Morgan fingerprint density at radius 3 is 2.47 bits per heavy atom. The van der Waals surface area contributed by atoms with Gasteiger partial charge in [0.2, 0.25) is 11.8 Å². The molecule has 2 aliphatic heterocycles. The molecule has 4 aliphatic rings. The monoisotopic (exact) mass is 703 g/mol. The average molecular weight is 704 g/mol. The van der Waals surface area contributed by atoms with E-state index in [1.165, 1.54) is 24.1 Å². The maximum atomic E-state index is 13.6. The molecule has 0 aromatic carbocycles. The largest absolute Gasteiger partial charge is 0.479 e. The van der Waals surface area contributed by atoms with Crippen molar-refractivity contribution in [3.63, 3.8) is 0 Å². The Kier molecular flexibility index (Phi) is 14.6. The van der Waals surface area contributed by atoms with Crippen molar-refractivity contribution in [2.75, 3.05) is 13.2 Å². The van der Waals surface area contributed by atoms with Crippen LogP contribution in [0.4, 0.5) is 4.79 Å². The number of nitrogens with one attached hydrogen (secondary N) is 4. The lowest BCUT2D eigenvalue weighted by Gasteiger charge is -2.30. The Morgan fingerprint density at radius 1 is 1.08 bits per heavy atom. The van der Waals surface area contributed by atoms with Gasteiger partial charge in [-0.25, -0.2) is 4.79 Å². The predicted molar refractivity (Wildman–Crippen MR) is 192 cm³/mol. The number of pyridine rings is 1. The van der Waals surface area contributed by atoms with Crippen molar-refractivity contribution in [3.8, 4) is 5.88 Å². The van der Waals surface area contributed by atoms with E-state index in [2.05, 4.69) is 39.4 Å². The molecule has 2 unspecified atom stereocenters. The summed E-state index contributed by atoms with van der Waals surface area (Å²) in [6.07, 6.45) is 13.0. The molecule has 0 radical (unpaired) electrons. The maximum Gasteiger partial charge on any atom is 0.408 e. The fraction of sp³-hybridized carbons (Fsp3) is 0.694. The molecule has 3 heterocycles. The van der Waals surface area contributed by atoms with Gasteiger partial charge in [-0.05, 0) is 97.9 Å². The molecule has 0 spiro atoms. The topological polar surface area (TPSA) is 159 Å². The quantitative estimate of drug-likeness (QED) is 0.227. The molecule has 5 rings (SSSR count). The highest BCUT2D eigenvalue weighted by atomic mass is 32.2. The second kappa shape index (κ2) is 18.0. The van der Waals surface area contributed by atoms with Gasteiger partial charge in [-0.3, -0.25) is 23.9 Å². The summed E-state index contributed by atoms with van der Waals surface area (Å²) in [5.74, 6) is -0.264. The number of amides is 4. The van der Waals surface area contributed by atoms with Crippen LogP contribution < -0.4 is 25.5 Å². The van der Waals surface area contributed by atoms with Gasteiger partial charge < -0.3 is 30.0 Å². The molecule has 2 saturated carbocycles. The van der Waals surface area contributed by atoms with E-state index in [9.17, 15) is 24.0 Å². The number of rotatable bonds is 6. The van der Waals surface area contributed by atoms with Gasteiger partial charge in [-0.1, -0.05) is 38.8 Å². The number of hydrogen-bond acceptors (Lipinski definition) is 8. The van der Waals surface area contributed by atoms with E-state index in [-0.39, 0.29) is 33.8 Å². The number of aromatic nitrogens is 1. The molecule has 4 atom stereocenters. The van der Waals surface area contributed by atoms with Crippen LogP contribution in [0.2, 0.25) is 0 Å². The number of hydrogen-bond donors (Lipinski definition) is 4. The number of fused-ring (bicyclic) bond motifs is 2. The van der Waals surface area contributed by atoms with Gasteiger partial charge in [0.05, 0.1) is 6.61 Å². The molecular formula is C36H57N5O7S. The summed E-state index contributed by atoms with van der Waals surface area (Å²) in [5.41, 5.74) is -1.69. The average Bonchev–Trinajstić information content (AvgIpc) is 3.89. The normalized spacial score (nSPS) is 26.6. The van der Waals surface area contributed by atoms with Crippen LogP contribution in [0.3, 0.4) is 0 Å². The van der Waals surface area contributed by atoms with Crippen molar-refractivity contribution in [3.05, 3.63) is 40.7 Å². The standard InChI is InChI=1S/C27H42N4O5S.C7H9NO2.C2H6/c1-25(2,3)36-24(35)28-19-12-9-7-5-6-8-11-18-17-27(18,23(34)30-37-26(4)14-15-26)29-21(32)20-13-10-16-31(20)22(19)33;1-2-10-7-5-6(9)3-4-8-7;1-2/h8,11,18-20H,5-7,9-10,12-17H2,1-4H3,(H,28,35)(H,29,32)(H,30,34);3-5H,2H2,1H3,(H,8,9);1-2H3/b11-8-;;/t18?,19-,20?,27+;;/m0../s1. The summed E-state index contributed by atoms with van der Waals surface area (Å²) in [5, 5.41) is 5.81. The van der Waals surface area contributed by atoms with Crippen molar-refractivity contribution in [2.24, 2.45) is 5.92 Å². The molecule has 274 valence electrons. The second-order valence-electron chi connectivity index (χ2n) is 14.0. The third kappa shape index (κ3) is 12.1. The lowest BCUT2D eigenvalue weighted by atomic mass is 10.0. The summed E-state index contributed by atoms with van der Waals surface area (Å²) in [6.45, 7) is 14.3. The highest BCUT2D eigenvalue weighted by Gasteiger charge is 2.61. The van der Waals surface area contributed by atoms with E-state index in [1.54, 1.807) is 31.9 Å². The van der Waals surface area contributed by atoms with Gasteiger partial charge in [0.1, 0.15) is 23.2 Å². The molecule has 2 aliphatic carbocycles. The van der Waals surface area contributed by atoms with E-state index in [0.717, 1.165) is 38.5 Å². The molecule has 3 fully saturated rings.